The molecule has 0 saturated heterocycles. The number of hydrogen-bond acceptors (Lipinski definition) is 1. The maximum atomic E-state index is 10.5. The zero-order valence-corrected chi connectivity index (χ0v) is 11.8. The molecule has 2 heteroatoms. The van der Waals surface area contributed by atoms with Crippen LogP contribution in [0, 0.1) is 11.8 Å². The van der Waals surface area contributed by atoms with E-state index in [1.165, 1.54) is 32.1 Å². The predicted octanol–water partition coefficient (Wildman–Crippen LogP) is 4.55. The van der Waals surface area contributed by atoms with Crippen molar-refractivity contribution in [2.75, 3.05) is 0 Å². The van der Waals surface area contributed by atoms with Crippen molar-refractivity contribution in [3.05, 3.63) is 11.6 Å². The summed E-state index contributed by atoms with van der Waals surface area (Å²) in [6, 6.07) is 0. The van der Waals surface area contributed by atoms with Gasteiger partial charge in [-0.1, -0.05) is 32.3 Å². The van der Waals surface area contributed by atoms with Gasteiger partial charge in [0, 0.05) is 18.4 Å². The topological polar surface area (TPSA) is 37.3 Å². The van der Waals surface area contributed by atoms with Gasteiger partial charge in [-0.2, -0.15) is 0 Å². The van der Waals surface area contributed by atoms with Crippen molar-refractivity contribution < 1.29 is 9.90 Å². The van der Waals surface area contributed by atoms with Crippen LogP contribution in [-0.2, 0) is 4.79 Å². The smallest absolute Gasteiger partial charge is 0.330 e. The minimum absolute atomic E-state index is 0.455. The molecule has 0 bridgehead atoms. The van der Waals surface area contributed by atoms with Crippen molar-refractivity contribution in [3.63, 3.8) is 0 Å². The summed E-state index contributed by atoms with van der Waals surface area (Å²) < 4.78 is 0. The standard InChI is InChI=1S/C16H26O2/c1-3-4-5-6-7-8-9-10-11-12-13-14-15(2)16(17)18/h14H,3-5,8-13H2,1-2H3,(H,17,18)/b15-14+. The van der Waals surface area contributed by atoms with Gasteiger partial charge in [0.25, 0.3) is 0 Å². The summed E-state index contributed by atoms with van der Waals surface area (Å²) >= 11 is 0. The monoisotopic (exact) mass is 250 g/mol. The molecule has 0 aromatic heterocycles. The van der Waals surface area contributed by atoms with Gasteiger partial charge < -0.3 is 5.11 Å². The summed E-state index contributed by atoms with van der Waals surface area (Å²) in [5.74, 6) is 5.59. The number of hydrogen-bond donors (Lipinski definition) is 1. The Hall–Kier alpha value is -1.23. The second kappa shape index (κ2) is 12.2. The summed E-state index contributed by atoms with van der Waals surface area (Å²) in [5.41, 5.74) is 0.455. The minimum atomic E-state index is -0.808. The maximum absolute atomic E-state index is 10.5. The average molecular weight is 250 g/mol. The normalized spacial score (nSPS) is 10.9. The third-order valence-corrected chi connectivity index (χ3v) is 2.82. The van der Waals surface area contributed by atoms with Gasteiger partial charge in [-0.15, -0.1) is 11.8 Å². The Morgan fingerprint density at radius 3 is 2.28 bits per heavy atom. The molecule has 0 radical (unpaired) electrons. The highest BCUT2D eigenvalue weighted by Gasteiger charge is 1.97. The lowest BCUT2D eigenvalue weighted by molar-refractivity contribution is -0.132. The van der Waals surface area contributed by atoms with E-state index in [0.29, 0.717) is 5.57 Å². The van der Waals surface area contributed by atoms with E-state index in [4.69, 9.17) is 5.11 Å². The van der Waals surface area contributed by atoms with Crippen molar-refractivity contribution in [2.24, 2.45) is 0 Å². The van der Waals surface area contributed by atoms with Crippen LogP contribution in [-0.4, -0.2) is 11.1 Å². The Morgan fingerprint density at radius 1 is 1.06 bits per heavy atom. The number of carboxylic acids is 1. The molecule has 0 aliphatic rings. The molecule has 0 aliphatic heterocycles. The number of allylic oxidation sites excluding steroid dienone is 1. The first-order chi connectivity index (χ1) is 8.68. The molecular weight excluding hydrogens is 224 g/mol. The van der Waals surface area contributed by atoms with Crippen molar-refractivity contribution in [2.45, 2.75) is 71.6 Å². The third-order valence-electron chi connectivity index (χ3n) is 2.82. The second-order valence-corrected chi connectivity index (χ2v) is 4.60. The van der Waals surface area contributed by atoms with E-state index in [0.717, 1.165) is 25.7 Å². The minimum Gasteiger partial charge on any atom is -0.478 e. The molecule has 0 fully saturated rings. The zero-order valence-electron chi connectivity index (χ0n) is 11.8. The van der Waals surface area contributed by atoms with Gasteiger partial charge in [0.1, 0.15) is 0 Å². The van der Waals surface area contributed by atoms with Crippen molar-refractivity contribution >= 4 is 5.97 Å². The highest BCUT2D eigenvalue weighted by molar-refractivity contribution is 5.85. The Bertz CT molecular complexity index is 305. The number of aliphatic carboxylic acids is 1. The SMILES string of the molecule is CCCCC#CCCCCCC/C=C(\C)C(=O)O. The molecule has 0 heterocycles. The van der Waals surface area contributed by atoms with Crippen LogP contribution in [0.1, 0.15) is 71.6 Å². The molecule has 0 aromatic carbocycles. The Labute approximate surface area is 111 Å². The molecule has 0 spiro atoms. The summed E-state index contributed by atoms with van der Waals surface area (Å²) in [5, 5.41) is 8.66. The summed E-state index contributed by atoms with van der Waals surface area (Å²) in [7, 11) is 0. The van der Waals surface area contributed by atoms with Gasteiger partial charge in [-0.25, -0.2) is 4.79 Å². The zero-order chi connectivity index (χ0) is 13.6. The molecule has 0 rings (SSSR count). The maximum Gasteiger partial charge on any atom is 0.330 e. The van der Waals surface area contributed by atoms with E-state index in [9.17, 15) is 4.79 Å². The fourth-order valence-corrected chi connectivity index (χ4v) is 1.56. The third kappa shape index (κ3) is 11.3. The highest BCUT2D eigenvalue weighted by Crippen LogP contribution is 2.07. The highest BCUT2D eigenvalue weighted by atomic mass is 16.4. The van der Waals surface area contributed by atoms with Crippen LogP contribution in [0.25, 0.3) is 0 Å². The van der Waals surface area contributed by atoms with Crippen LogP contribution in [0.2, 0.25) is 0 Å². The Kier molecular flexibility index (Phi) is 11.4. The lowest BCUT2D eigenvalue weighted by Gasteiger charge is -1.97. The first-order valence-corrected chi connectivity index (χ1v) is 7.04. The van der Waals surface area contributed by atoms with Crippen LogP contribution in [0.3, 0.4) is 0 Å². The molecule has 0 saturated carbocycles. The van der Waals surface area contributed by atoms with Crippen LogP contribution in [0.4, 0.5) is 0 Å². The van der Waals surface area contributed by atoms with E-state index < -0.39 is 5.97 Å². The molecule has 102 valence electrons. The summed E-state index contributed by atoms with van der Waals surface area (Å²) in [4.78, 5) is 10.5. The fourth-order valence-electron chi connectivity index (χ4n) is 1.56. The van der Waals surface area contributed by atoms with Gasteiger partial charge in [0.2, 0.25) is 0 Å². The second-order valence-electron chi connectivity index (χ2n) is 4.60. The summed E-state index contributed by atoms with van der Waals surface area (Å²) in [6.45, 7) is 3.83. The number of carboxylic acid groups (broad SMARTS) is 1. The Balaban J connectivity index is 3.33. The molecule has 0 unspecified atom stereocenters. The number of carbonyl (C=O) groups is 1. The Morgan fingerprint density at radius 2 is 1.67 bits per heavy atom. The molecule has 0 amide bonds. The molecular formula is C16H26O2. The van der Waals surface area contributed by atoms with Gasteiger partial charge in [0.05, 0.1) is 0 Å². The van der Waals surface area contributed by atoms with Gasteiger partial charge in [0.15, 0.2) is 0 Å². The lowest BCUT2D eigenvalue weighted by atomic mass is 10.1. The lowest BCUT2D eigenvalue weighted by Crippen LogP contribution is -1.95. The van der Waals surface area contributed by atoms with Crippen LogP contribution >= 0.6 is 0 Å². The van der Waals surface area contributed by atoms with Crippen molar-refractivity contribution in [1.29, 1.82) is 0 Å². The molecule has 0 aromatic rings. The fraction of sp³-hybridized carbons (Fsp3) is 0.688. The first-order valence-electron chi connectivity index (χ1n) is 7.04. The van der Waals surface area contributed by atoms with Gasteiger partial charge >= 0.3 is 5.97 Å². The molecule has 18 heavy (non-hydrogen) atoms. The van der Waals surface area contributed by atoms with E-state index in [-0.39, 0.29) is 0 Å². The van der Waals surface area contributed by atoms with E-state index in [1.807, 2.05) is 6.08 Å². The molecule has 2 nitrogen and oxygen atoms in total. The molecule has 0 aliphatic carbocycles. The van der Waals surface area contributed by atoms with Gasteiger partial charge in [-0.05, 0) is 32.6 Å². The van der Waals surface area contributed by atoms with E-state index >= 15 is 0 Å². The van der Waals surface area contributed by atoms with Gasteiger partial charge in [-0.3, -0.25) is 0 Å². The van der Waals surface area contributed by atoms with Crippen LogP contribution in [0.5, 0.6) is 0 Å². The molecule has 0 atom stereocenters. The number of rotatable bonds is 9. The number of unbranched alkanes of at least 4 members (excludes halogenated alkanes) is 7. The van der Waals surface area contributed by atoms with Crippen molar-refractivity contribution in [1.82, 2.24) is 0 Å². The summed E-state index contributed by atoms with van der Waals surface area (Å²) in [6.07, 6.45) is 11.8. The largest absolute Gasteiger partial charge is 0.478 e. The average Bonchev–Trinajstić information content (AvgIpc) is 2.35. The first kappa shape index (κ1) is 16.8. The van der Waals surface area contributed by atoms with Crippen molar-refractivity contribution in [3.8, 4) is 11.8 Å². The molecule has 1 N–H and O–H groups in total. The van der Waals surface area contributed by atoms with E-state index in [2.05, 4.69) is 18.8 Å². The van der Waals surface area contributed by atoms with Crippen LogP contribution in [0.15, 0.2) is 11.6 Å². The van der Waals surface area contributed by atoms with Crippen LogP contribution < -0.4 is 0 Å². The van der Waals surface area contributed by atoms with E-state index in [1.54, 1.807) is 6.92 Å². The predicted molar refractivity (Wildman–Crippen MR) is 76.4 cm³/mol. The quantitative estimate of drug-likeness (QED) is 0.370.